The fourth-order valence-corrected chi connectivity index (χ4v) is 2.08. The zero-order chi connectivity index (χ0) is 13.9. The third-order valence-corrected chi connectivity index (χ3v) is 3.26. The molecular formula is C14H11BrN2O3. The standard InChI is InChI=1S/C14H11BrN2O3/c1-9-16-17-14(19-9)13-7-6-10(20-13)8-18-12-5-3-2-4-11(12)15/h2-7H,8H2,1H3. The molecular weight excluding hydrogens is 324 g/mol. The summed E-state index contributed by atoms with van der Waals surface area (Å²) in [6.07, 6.45) is 0. The van der Waals surface area contributed by atoms with Crippen molar-refractivity contribution in [1.29, 1.82) is 0 Å². The van der Waals surface area contributed by atoms with E-state index >= 15 is 0 Å². The molecule has 0 aliphatic carbocycles. The molecule has 0 amide bonds. The van der Waals surface area contributed by atoms with E-state index in [0.29, 0.717) is 29.9 Å². The number of ether oxygens (including phenoxy) is 1. The van der Waals surface area contributed by atoms with E-state index in [4.69, 9.17) is 13.6 Å². The van der Waals surface area contributed by atoms with E-state index in [1.54, 1.807) is 13.0 Å². The maximum Gasteiger partial charge on any atom is 0.283 e. The van der Waals surface area contributed by atoms with Gasteiger partial charge in [0.1, 0.15) is 18.1 Å². The van der Waals surface area contributed by atoms with Crippen LogP contribution in [0.2, 0.25) is 0 Å². The van der Waals surface area contributed by atoms with Gasteiger partial charge in [0, 0.05) is 6.92 Å². The Bertz CT molecular complexity index is 721. The summed E-state index contributed by atoms with van der Waals surface area (Å²) in [4.78, 5) is 0. The monoisotopic (exact) mass is 334 g/mol. The molecule has 0 aliphatic rings. The first-order chi connectivity index (χ1) is 9.72. The van der Waals surface area contributed by atoms with Gasteiger partial charge in [-0.1, -0.05) is 12.1 Å². The summed E-state index contributed by atoms with van der Waals surface area (Å²) in [6.45, 7) is 2.06. The minimum Gasteiger partial charge on any atom is -0.484 e. The van der Waals surface area contributed by atoms with Crippen molar-refractivity contribution in [2.75, 3.05) is 0 Å². The number of benzene rings is 1. The Labute approximate surface area is 123 Å². The Kier molecular flexibility index (Phi) is 3.56. The van der Waals surface area contributed by atoms with Crippen molar-refractivity contribution in [2.24, 2.45) is 0 Å². The molecule has 0 bridgehead atoms. The lowest BCUT2D eigenvalue weighted by molar-refractivity contribution is 0.269. The molecule has 5 nitrogen and oxygen atoms in total. The largest absolute Gasteiger partial charge is 0.484 e. The first-order valence-corrected chi connectivity index (χ1v) is 6.78. The van der Waals surface area contributed by atoms with Crippen molar-refractivity contribution in [3.63, 3.8) is 0 Å². The van der Waals surface area contributed by atoms with E-state index in [0.717, 1.165) is 10.2 Å². The predicted octanol–water partition coefficient (Wildman–Crippen LogP) is 3.98. The van der Waals surface area contributed by atoms with Crippen LogP contribution in [-0.2, 0) is 6.61 Å². The van der Waals surface area contributed by atoms with Crippen LogP contribution >= 0.6 is 15.9 Å². The third-order valence-electron chi connectivity index (χ3n) is 2.61. The molecule has 2 heterocycles. The molecule has 0 radical (unpaired) electrons. The number of aromatic nitrogens is 2. The molecule has 0 atom stereocenters. The zero-order valence-corrected chi connectivity index (χ0v) is 12.3. The number of nitrogens with zero attached hydrogens (tertiary/aromatic N) is 2. The second-order valence-electron chi connectivity index (χ2n) is 4.11. The van der Waals surface area contributed by atoms with Gasteiger partial charge in [0.15, 0.2) is 5.76 Å². The fourth-order valence-electron chi connectivity index (χ4n) is 1.68. The van der Waals surface area contributed by atoms with Gasteiger partial charge in [0.2, 0.25) is 5.89 Å². The summed E-state index contributed by atoms with van der Waals surface area (Å²) in [6, 6.07) is 11.3. The van der Waals surface area contributed by atoms with Crippen LogP contribution < -0.4 is 4.74 Å². The molecule has 6 heteroatoms. The van der Waals surface area contributed by atoms with E-state index in [-0.39, 0.29) is 0 Å². The van der Waals surface area contributed by atoms with Crippen LogP contribution in [0.4, 0.5) is 0 Å². The summed E-state index contributed by atoms with van der Waals surface area (Å²) in [5, 5.41) is 7.67. The first kappa shape index (κ1) is 12.9. The average Bonchev–Trinajstić information content (AvgIpc) is 3.06. The molecule has 2 aromatic heterocycles. The summed E-state index contributed by atoms with van der Waals surface area (Å²) in [7, 11) is 0. The molecule has 102 valence electrons. The SMILES string of the molecule is Cc1nnc(-c2ccc(COc3ccccc3Br)o2)o1. The van der Waals surface area contributed by atoms with Crippen LogP contribution in [0.15, 0.2) is 49.7 Å². The second kappa shape index (κ2) is 5.50. The number of halogens is 1. The summed E-state index contributed by atoms with van der Waals surface area (Å²) < 4.78 is 17.5. The molecule has 0 saturated carbocycles. The number of aryl methyl sites for hydroxylation is 1. The molecule has 0 unspecified atom stereocenters. The summed E-state index contributed by atoms with van der Waals surface area (Å²) in [5.41, 5.74) is 0. The van der Waals surface area contributed by atoms with Crippen molar-refractivity contribution in [2.45, 2.75) is 13.5 Å². The zero-order valence-electron chi connectivity index (χ0n) is 10.7. The van der Waals surface area contributed by atoms with Gasteiger partial charge < -0.3 is 13.6 Å². The van der Waals surface area contributed by atoms with Gasteiger partial charge in [-0.3, -0.25) is 0 Å². The highest BCUT2D eigenvalue weighted by molar-refractivity contribution is 9.10. The van der Waals surface area contributed by atoms with Crippen LogP contribution in [0, 0.1) is 6.92 Å². The van der Waals surface area contributed by atoms with Crippen molar-refractivity contribution in [3.8, 4) is 17.4 Å². The van der Waals surface area contributed by atoms with Crippen LogP contribution in [-0.4, -0.2) is 10.2 Å². The summed E-state index contributed by atoms with van der Waals surface area (Å²) >= 11 is 3.43. The van der Waals surface area contributed by atoms with Crippen molar-refractivity contribution < 1.29 is 13.6 Å². The molecule has 0 fully saturated rings. The van der Waals surface area contributed by atoms with Gasteiger partial charge in [-0.15, -0.1) is 10.2 Å². The minimum atomic E-state index is 0.329. The average molecular weight is 335 g/mol. The highest BCUT2D eigenvalue weighted by Gasteiger charge is 2.11. The lowest BCUT2D eigenvalue weighted by atomic mass is 10.3. The Morgan fingerprint density at radius 3 is 2.70 bits per heavy atom. The maximum absolute atomic E-state index is 5.67. The minimum absolute atomic E-state index is 0.329. The van der Waals surface area contributed by atoms with Gasteiger partial charge in [-0.05, 0) is 40.2 Å². The Morgan fingerprint density at radius 1 is 1.10 bits per heavy atom. The number of hydrogen-bond donors (Lipinski definition) is 0. The molecule has 20 heavy (non-hydrogen) atoms. The molecule has 0 spiro atoms. The van der Waals surface area contributed by atoms with Crippen molar-refractivity contribution in [3.05, 3.63) is 52.5 Å². The second-order valence-corrected chi connectivity index (χ2v) is 4.97. The first-order valence-electron chi connectivity index (χ1n) is 5.99. The molecule has 1 aromatic carbocycles. The Morgan fingerprint density at radius 2 is 1.95 bits per heavy atom. The van der Waals surface area contributed by atoms with Crippen LogP contribution in [0.25, 0.3) is 11.7 Å². The number of hydrogen-bond acceptors (Lipinski definition) is 5. The van der Waals surface area contributed by atoms with Crippen LogP contribution in [0.3, 0.4) is 0 Å². The van der Waals surface area contributed by atoms with Crippen LogP contribution in [0.5, 0.6) is 5.75 Å². The molecule has 3 rings (SSSR count). The number of furan rings is 1. The predicted molar refractivity (Wildman–Crippen MR) is 75.2 cm³/mol. The number of rotatable bonds is 4. The lowest BCUT2D eigenvalue weighted by Crippen LogP contribution is -1.94. The van der Waals surface area contributed by atoms with Gasteiger partial charge >= 0.3 is 0 Å². The van der Waals surface area contributed by atoms with E-state index in [1.165, 1.54) is 0 Å². The molecule has 0 aliphatic heterocycles. The smallest absolute Gasteiger partial charge is 0.283 e. The molecule has 0 N–H and O–H groups in total. The fraction of sp³-hybridized carbons (Fsp3) is 0.143. The van der Waals surface area contributed by atoms with Gasteiger partial charge in [-0.2, -0.15) is 0 Å². The van der Waals surface area contributed by atoms with Crippen molar-refractivity contribution in [1.82, 2.24) is 10.2 Å². The quantitative estimate of drug-likeness (QED) is 0.722. The molecule has 3 aromatic rings. The van der Waals surface area contributed by atoms with Gasteiger partial charge in [0.25, 0.3) is 5.89 Å². The van der Waals surface area contributed by atoms with E-state index in [2.05, 4.69) is 26.1 Å². The van der Waals surface area contributed by atoms with Gasteiger partial charge in [-0.25, -0.2) is 0 Å². The Balaban J connectivity index is 1.70. The highest BCUT2D eigenvalue weighted by atomic mass is 79.9. The third kappa shape index (κ3) is 2.75. The summed E-state index contributed by atoms with van der Waals surface area (Å²) in [5.74, 6) is 2.86. The normalized spacial score (nSPS) is 10.7. The van der Waals surface area contributed by atoms with E-state index in [9.17, 15) is 0 Å². The topological polar surface area (TPSA) is 61.3 Å². The van der Waals surface area contributed by atoms with Gasteiger partial charge in [0.05, 0.1) is 4.47 Å². The van der Waals surface area contributed by atoms with Crippen molar-refractivity contribution >= 4 is 15.9 Å². The molecule has 0 saturated heterocycles. The van der Waals surface area contributed by atoms with E-state index in [1.807, 2.05) is 30.3 Å². The number of para-hydroxylation sites is 1. The maximum atomic E-state index is 5.67. The lowest BCUT2D eigenvalue weighted by Gasteiger charge is -2.05. The van der Waals surface area contributed by atoms with Crippen LogP contribution in [0.1, 0.15) is 11.7 Å². The Hall–Kier alpha value is -2.08. The highest BCUT2D eigenvalue weighted by Crippen LogP contribution is 2.26. The van der Waals surface area contributed by atoms with E-state index < -0.39 is 0 Å².